The number of nitrogens with zero attached hydrogens (tertiary/aromatic N) is 4. The summed E-state index contributed by atoms with van der Waals surface area (Å²) < 4.78 is 7.14. The first-order valence-electron chi connectivity index (χ1n) is 6.44. The Morgan fingerprint density at radius 1 is 1.26 bits per heavy atom. The summed E-state index contributed by atoms with van der Waals surface area (Å²) in [5.74, 6) is 1.64. The number of tetrazole rings is 1. The Kier molecular flexibility index (Phi) is 4.46. The fraction of sp³-hybridized carbons (Fsp3) is 0.462. The molecule has 1 N–H and O–H groups in total. The molecule has 0 spiro atoms. The molecule has 0 radical (unpaired) electrons. The van der Waals surface area contributed by atoms with Crippen molar-refractivity contribution in [2.75, 3.05) is 6.61 Å². The first kappa shape index (κ1) is 13.5. The van der Waals surface area contributed by atoms with Crippen LogP contribution in [0.25, 0.3) is 5.69 Å². The molecule has 6 heteroatoms. The quantitative estimate of drug-likeness (QED) is 0.855. The third kappa shape index (κ3) is 3.51. The lowest BCUT2D eigenvalue weighted by Gasteiger charge is -2.09. The molecule has 2 rings (SSSR count). The van der Waals surface area contributed by atoms with Gasteiger partial charge in [0, 0.05) is 6.04 Å². The van der Waals surface area contributed by atoms with Gasteiger partial charge in [-0.3, -0.25) is 0 Å². The van der Waals surface area contributed by atoms with Crippen molar-refractivity contribution in [1.29, 1.82) is 0 Å². The topological polar surface area (TPSA) is 64.9 Å². The van der Waals surface area contributed by atoms with Gasteiger partial charge in [0.25, 0.3) is 0 Å². The fourth-order valence-electron chi connectivity index (χ4n) is 1.66. The molecule has 0 aliphatic heterocycles. The number of rotatable bonds is 6. The zero-order valence-corrected chi connectivity index (χ0v) is 11.5. The van der Waals surface area contributed by atoms with Gasteiger partial charge in [-0.15, -0.1) is 5.10 Å². The first-order valence-corrected chi connectivity index (χ1v) is 6.44. The van der Waals surface area contributed by atoms with E-state index in [-0.39, 0.29) is 0 Å². The zero-order chi connectivity index (χ0) is 13.7. The van der Waals surface area contributed by atoms with E-state index >= 15 is 0 Å². The van der Waals surface area contributed by atoms with Crippen LogP contribution in [0.2, 0.25) is 0 Å². The van der Waals surface area contributed by atoms with Gasteiger partial charge in [0.2, 0.25) is 0 Å². The van der Waals surface area contributed by atoms with Crippen LogP contribution in [0.1, 0.15) is 26.6 Å². The van der Waals surface area contributed by atoms with Crippen LogP contribution in [0.3, 0.4) is 0 Å². The average molecular weight is 261 g/mol. The molecular weight excluding hydrogens is 242 g/mol. The van der Waals surface area contributed by atoms with E-state index in [0.717, 1.165) is 17.3 Å². The fourth-order valence-corrected chi connectivity index (χ4v) is 1.66. The van der Waals surface area contributed by atoms with Gasteiger partial charge >= 0.3 is 0 Å². The molecule has 1 heterocycles. The first-order chi connectivity index (χ1) is 9.20. The lowest BCUT2D eigenvalue weighted by molar-refractivity contribution is 0.340. The molecule has 0 bridgehead atoms. The summed E-state index contributed by atoms with van der Waals surface area (Å²) in [6.45, 7) is 7.44. The molecule has 19 heavy (non-hydrogen) atoms. The Labute approximate surface area is 112 Å². The van der Waals surface area contributed by atoms with Gasteiger partial charge in [0.15, 0.2) is 5.82 Å². The van der Waals surface area contributed by atoms with Crippen LogP contribution in [-0.4, -0.2) is 32.9 Å². The Balaban J connectivity index is 2.15. The Morgan fingerprint density at radius 2 is 2.00 bits per heavy atom. The molecule has 0 saturated carbocycles. The van der Waals surface area contributed by atoms with Gasteiger partial charge < -0.3 is 10.1 Å². The van der Waals surface area contributed by atoms with Gasteiger partial charge in [-0.1, -0.05) is 13.8 Å². The minimum Gasteiger partial charge on any atom is -0.494 e. The molecular formula is C13H19N5O. The van der Waals surface area contributed by atoms with E-state index < -0.39 is 0 Å². The lowest BCUT2D eigenvalue weighted by Crippen LogP contribution is -2.24. The van der Waals surface area contributed by atoms with Crippen LogP contribution in [0.15, 0.2) is 24.3 Å². The number of benzene rings is 1. The minimum atomic E-state index is 0.394. The number of hydrogen-bond donors (Lipinski definition) is 1. The Bertz CT molecular complexity index is 506. The molecule has 0 unspecified atom stereocenters. The van der Waals surface area contributed by atoms with E-state index in [9.17, 15) is 0 Å². The third-order valence-electron chi connectivity index (χ3n) is 2.59. The summed E-state index contributed by atoms with van der Waals surface area (Å²) in [6.07, 6.45) is 0. The lowest BCUT2D eigenvalue weighted by atomic mass is 10.3. The van der Waals surface area contributed by atoms with Gasteiger partial charge in [0.05, 0.1) is 18.8 Å². The average Bonchev–Trinajstić information content (AvgIpc) is 2.86. The number of aromatic nitrogens is 4. The standard InChI is InChI=1S/C13H19N5O/c1-4-19-12-7-5-11(6-8-12)18-13(15-16-17-18)9-14-10(2)3/h5-8,10,14H,4,9H2,1-3H3. The summed E-state index contributed by atoms with van der Waals surface area (Å²) >= 11 is 0. The zero-order valence-electron chi connectivity index (χ0n) is 11.5. The van der Waals surface area contributed by atoms with Crippen LogP contribution in [0, 0.1) is 0 Å². The van der Waals surface area contributed by atoms with Crippen molar-refractivity contribution in [1.82, 2.24) is 25.5 Å². The monoisotopic (exact) mass is 261 g/mol. The third-order valence-corrected chi connectivity index (χ3v) is 2.59. The number of nitrogens with one attached hydrogen (secondary N) is 1. The summed E-state index contributed by atoms with van der Waals surface area (Å²) in [5.41, 5.74) is 0.925. The van der Waals surface area contributed by atoms with Crippen LogP contribution in [-0.2, 0) is 6.54 Å². The van der Waals surface area contributed by atoms with Crippen LogP contribution >= 0.6 is 0 Å². The molecule has 0 atom stereocenters. The number of hydrogen-bond acceptors (Lipinski definition) is 5. The largest absolute Gasteiger partial charge is 0.494 e. The van der Waals surface area contributed by atoms with E-state index in [1.807, 2.05) is 31.2 Å². The van der Waals surface area contributed by atoms with Crippen LogP contribution in [0.5, 0.6) is 5.75 Å². The van der Waals surface area contributed by atoms with Crippen molar-refractivity contribution in [3.05, 3.63) is 30.1 Å². The van der Waals surface area contributed by atoms with Crippen molar-refractivity contribution in [2.24, 2.45) is 0 Å². The Hall–Kier alpha value is -1.95. The normalized spacial score (nSPS) is 10.9. The van der Waals surface area contributed by atoms with Gasteiger partial charge in [-0.05, 0) is 41.6 Å². The van der Waals surface area contributed by atoms with Gasteiger partial charge in [0.1, 0.15) is 5.75 Å². The second-order valence-electron chi connectivity index (χ2n) is 4.47. The highest BCUT2D eigenvalue weighted by molar-refractivity contribution is 5.37. The molecule has 102 valence electrons. The predicted octanol–water partition coefficient (Wildman–Crippen LogP) is 1.56. The van der Waals surface area contributed by atoms with Crippen LogP contribution < -0.4 is 10.1 Å². The van der Waals surface area contributed by atoms with Crippen molar-refractivity contribution < 1.29 is 4.74 Å². The van der Waals surface area contributed by atoms with Gasteiger partial charge in [-0.25, -0.2) is 0 Å². The summed E-state index contributed by atoms with van der Waals surface area (Å²) in [5, 5.41) is 15.1. The van der Waals surface area contributed by atoms with Gasteiger partial charge in [-0.2, -0.15) is 4.68 Å². The second kappa shape index (κ2) is 6.29. The summed E-state index contributed by atoms with van der Waals surface area (Å²) in [7, 11) is 0. The summed E-state index contributed by atoms with van der Waals surface area (Å²) in [4.78, 5) is 0. The second-order valence-corrected chi connectivity index (χ2v) is 4.47. The highest BCUT2D eigenvalue weighted by atomic mass is 16.5. The van der Waals surface area contributed by atoms with Crippen molar-refractivity contribution in [2.45, 2.75) is 33.4 Å². The highest BCUT2D eigenvalue weighted by Gasteiger charge is 2.08. The smallest absolute Gasteiger partial charge is 0.170 e. The van der Waals surface area contributed by atoms with Crippen LogP contribution in [0.4, 0.5) is 0 Å². The van der Waals surface area contributed by atoms with Crippen molar-refractivity contribution >= 4 is 0 Å². The molecule has 2 aromatic rings. The highest BCUT2D eigenvalue weighted by Crippen LogP contribution is 2.15. The number of ether oxygens (including phenoxy) is 1. The SMILES string of the molecule is CCOc1ccc(-n2nnnc2CNC(C)C)cc1. The van der Waals surface area contributed by atoms with E-state index in [1.54, 1.807) is 4.68 Å². The maximum absolute atomic E-state index is 5.41. The Morgan fingerprint density at radius 3 is 2.63 bits per heavy atom. The van der Waals surface area contributed by atoms with E-state index in [4.69, 9.17) is 4.74 Å². The van der Waals surface area contributed by atoms with Crippen molar-refractivity contribution in [3.8, 4) is 11.4 Å². The van der Waals surface area contributed by atoms with Crippen molar-refractivity contribution in [3.63, 3.8) is 0 Å². The molecule has 0 saturated heterocycles. The van der Waals surface area contributed by atoms with E-state index in [2.05, 4.69) is 34.7 Å². The molecule has 0 aliphatic carbocycles. The molecule has 1 aromatic heterocycles. The minimum absolute atomic E-state index is 0.394. The molecule has 0 aliphatic rings. The molecule has 6 nitrogen and oxygen atoms in total. The predicted molar refractivity (Wildman–Crippen MR) is 72.3 cm³/mol. The van der Waals surface area contributed by atoms with E-state index in [1.165, 1.54) is 0 Å². The van der Waals surface area contributed by atoms with E-state index in [0.29, 0.717) is 19.2 Å². The molecule has 0 fully saturated rings. The molecule has 0 amide bonds. The molecule has 1 aromatic carbocycles. The maximum Gasteiger partial charge on any atom is 0.170 e. The summed E-state index contributed by atoms with van der Waals surface area (Å²) in [6, 6.07) is 8.12. The maximum atomic E-state index is 5.41.